The van der Waals surface area contributed by atoms with E-state index in [0.29, 0.717) is 0 Å². The van der Waals surface area contributed by atoms with E-state index in [9.17, 15) is 0 Å². The first-order valence-electron chi connectivity index (χ1n) is 6.22. The van der Waals surface area contributed by atoms with Crippen molar-refractivity contribution in [3.63, 3.8) is 0 Å². The monoisotopic (exact) mass is 332 g/mol. The van der Waals surface area contributed by atoms with E-state index in [2.05, 4.69) is 33.1 Å². The fourth-order valence-electron chi connectivity index (χ4n) is 2.05. The number of likely N-dealkylation sites (N-methyl/N-ethyl adjacent to an activating group) is 1. The standard InChI is InChI=1S/C13H18BrClN2O/c1-2-17-5-6-18-11(9-17)8-16-13-7-10(15)3-4-12(13)14/h3-4,7,11,16H,2,5-6,8-9H2,1H3. The van der Waals surface area contributed by atoms with Gasteiger partial charge in [0.2, 0.25) is 0 Å². The molecule has 5 heteroatoms. The van der Waals surface area contributed by atoms with E-state index >= 15 is 0 Å². The first kappa shape index (κ1) is 14.1. The Morgan fingerprint density at radius 2 is 2.39 bits per heavy atom. The molecule has 18 heavy (non-hydrogen) atoms. The Kier molecular flexibility index (Phi) is 5.30. The summed E-state index contributed by atoms with van der Waals surface area (Å²) in [4.78, 5) is 2.41. The van der Waals surface area contributed by atoms with Crippen LogP contribution in [0.3, 0.4) is 0 Å². The average molecular weight is 334 g/mol. The minimum absolute atomic E-state index is 0.240. The zero-order chi connectivity index (χ0) is 13.0. The summed E-state index contributed by atoms with van der Waals surface area (Å²) in [5.74, 6) is 0. The van der Waals surface area contributed by atoms with Crippen molar-refractivity contribution in [2.75, 3.05) is 38.1 Å². The molecule has 0 saturated carbocycles. The molecule has 0 aromatic heterocycles. The van der Waals surface area contributed by atoms with E-state index in [1.54, 1.807) is 0 Å². The van der Waals surface area contributed by atoms with Crippen LogP contribution >= 0.6 is 27.5 Å². The minimum Gasteiger partial charge on any atom is -0.381 e. The van der Waals surface area contributed by atoms with Gasteiger partial charge in [-0.15, -0.1) is 0 Å². The van der Waals surface area contributed by atoms with Gasteiger partial charge in [0.25, 0.3) is 0 Å². The number of nitrogens with one attached hydrogen (secondary N) is 1. The third kappa shape index (κ3) is 3.85. The number of halogens is 2. The Bertz CT molecular complexity index is 403. The van der Waals surface area contributed by atoms with Gasteiger partial charge >= 0.3 is 0 Å². The maximum Gasteiger partial charge on any atom is 0.0874 e. The molecule has 1 atom stereocenters. The van der Waals surface area contributed by atoms with Crippen molar-refractivity contribution >= 4 is 33.2 Å². The topological polar surface area (TPSA) is 24.5 Å². The van der Waals surface area contributed by atoms with Crippen LogP contribution in [0.25, 0.3) is 0 Å². The Morgan fingerprint density at radius 3 is 3.17 bits per heavy atom. The molecule has 1 aliphatic heterocycles. The van der Waals surface area contributed by atoms with Crippen LogP contribution in [0, 0.1) is 0 Å². The van der Waals surface area contributed by atoms with Gasteiger partial charge in [-0.05, 0) is 40.7 Å². The molecule has 0 bridgehead atoms. The molecule has 1 unspecified atom stereocenters. The minimum atomic E-state index is 0.240. The van der Waals surface area contributed by atoms with Gasteiger partial charge in [0.1, 0.15) is 0 Å². The molecule has 1 heterocycles. The fraction of sp³-hybridized carbons (Fsp3) is 0.538. The van der Waals surface area contributed by atoms with Crippen molar-refractivity contribution in [1.29, 1.82) is 0 Å². The van der Waals surface area contributed by atoms with Crippen molar-refractivity contribution in [2.45, 2.75) is 13.0 Å². The predicted molar refractivity (Wildman–Crippen MR) is 79.5 cm³/mol. The molecule has 0 spiro atoms. The number of anilines is 1. The summed E-state index contributed by atoms with van der Waals surface area (Å²) in [6.07, 6.45) is 0.240. The zero-order valence-corrected chi connectivity index (χ0v) is 12.8. The maximum atomic E-state index is 5.98. The molecule has 1 fully saturated rings. The molecule has 3 nitrogen and oxygen atoms in total. The molecule has 1 aliphatic rings. The molecular weight excluding hydrogens is 316 g/mol. The highest BCUT2D eigenvalue weighted by molar-refractivity contribution is 9.10. The second-order valence-electron chi connectivity index (χ2n) is 4.39. The second kappa shape index (κ2) is 6.75. The molecular formula is C13H18BrClN2O. The van der Waals surface area contributed by atoms with Crippen molar-refractivity contribution in [3.05, 3.63) is 27.7 Å². The molecule has 1 N–H and O–H groups in total. The Balaban J connectivity index is 1.89. The Labute approximate surface area is 122 Å². The number of hydrogen-bond acceptors (Lipinski definition) is 3. The molecule has 1 saturated heterocycles. The van der Waals surface area contributed by atoms with Crippen molar-refractivity contribution < 1.29 is 4.74 Å². The maximum absolute atomic E-state index is 5.98. The number of rotatable bonds is 4. The smallest absolute Gasteiger partial charge is 0.0874 e. The SMILES string of the molecule is CCN1CCOC(CNc2cc(Cl)ccc2Br)C1. The van der Waals surface area contributed by atoms with Crippen LogP contribution in [0.15, 0.2) is 22.7 Å². The van der Waals surface area contributed by atoms with Crippen LogP contribution in [0.5, 0.6) is 0 Å². The largest absolute Gasteiger partial charge is 0.381 e. The lowest BCUT2D eigenvalue weighted by atomic mass is 10.2. The van der Waals surface area contributed by atoms with E-state index in [-0.39, 0.29) is 6.10 Å². The Hall–Kier alpha value is -0.290. The van der Waals surface area contributed by atoms with Gasteiger partial charge in [-0.3, -0.25) is 4.90 Å². The van der Waals surface area contributed by atoms with Crippen molar-refractivity contribution in [3.8, 4) is 0 Å². The first-order valence-corrected chi connectivity index (χ1v) is 7.39. The lowest BCUT2D eigenvalue weighted by Gasteiger charge is -2.32. The highest BCUT2D eigenvalue weighted by atomic mass is 79.9. The van der Waals surface area contributed by atoms with E-state index < -0.39 is 0 Å². The number of nitrogens with zero attached hydrogens (tertiary/aromatic N) is 1. The molecule has 0 radical (unpaired) electrons. The van der Waals surface area contributed by atoms with Gasteiger partial charge in [-0.25, -0.2) is 0 Å². The fourth-order valence-corrected chi connectivity index (χ4v) is 2.61. The summed E-state index contributed by atoms with van der Waals surface area (Å²) in [6.45, 7) is 6.91. The van der Waals surface area contributed by atoms with Crippen LogP contribution in [0.1, 0.15) is 6.92 Å². The van der Waals surface area contributed by atoms with E-state index in [4.69, 9.17) is 16.3 Å². The molecule has 0 aliphatic carbocycles. The van der Waals surface area contributed by atoms with Crippen LogP contribution in [0.4, 0.5) is 5.69 Å². The molecule has 0 amide bonds. The predicted octanol–water partition coefficient (Wildman–Crippen LogP) is 3.24. The molecule has 2 rings (SSSR count). The second-order valence-corrected chi connectivity index (χ2v) is 5.68. The number of ether oxygens (including phenoxy) is 1. The van der Waals surface area contributed by atoms with Gasteiger partial charge in [-0.2, -0.15) is 0 Å². The van der Waals surface area contributed by atoms with Gasteiger partial charge in [0, 0.05) is 34.8 Å². The quantitative estimate of drug-likeness (QED) is 0.915. The van der Waals surface area contributed by atoms with Crippen LogP contribution < -0.4 is 5.32 Å². The summed E-state index contributed by atoms with van der Waals surface area (Å²) in [6, 6.07) is 5.74. The first-order chi connectivity index (χ1) is 8.69. The summed E-state index contributed by atoms with van der Waals surface area (Å²) in [7, 11) is 0. The lowest BCUT2D eigenvalue weighted by Crippen LogP contribution is -2.45. The summed E-state index contributed by atoms with van der Waals surface area (Å²) in [5.41, 5.74) is 1.01. The number of morpholine rings is 1. The van der Waals surface area contributed by atoms with Crippen LogP contribution in [-0.2, 0) is 4.74 Å². The lowest BCUT2D eigenvalue weighted by molar-refractivity contribution is -0.0191. The van der Waals surface area contributed by atoms with Crippen LogP contribution in [-0.4, -0.2) is 43.8 Å². The summed E-state index contributed by atoms with van der Waals surface area (Å²) >= 11 is 9.49. The summed E-state index contributed by atoms with van der Waals surface area (Å²) in [5, 5.41) is 4.12. The molecule has 1 aromatic rings. The van der Waals surface area contributed by atoms with Crippen molar-refractivity contribution in [1.82, 2.24) is 4.90 Å². The molecule has 100 valence electrons. The molecule has 1 aromatic carbocycles. The Morgan fingerprint density at radius 1 is 1.56 bits per heavy atom. The third-order valence-corrected chi connectivity index (χ3v) is 4.05. The zero-order valence-electron chi connectivity index (χ0n) is 10.5. The summed E-state index contributed by atoms with van der Waals surface area (Å²) < 4.78 is 6.77. The van der Waals surface area contributed by atoms with E-state index in [1.165, 1.54) is 0 Å². The van der Waals surface area contributed by atoms with Gasteiger partial charge in [0.05, 0.1) is 12.7 Å². The third-order valence-electron chi connectivity index (χ3n) is 3.12. The number of hydrogen-bond donors (Lipinski definition) is 1. The normalized spacial score (nSPS) is 20.9. The highest BCUT2D eigenvalue weighted by Gasteiger charge is 2.19. The number of benzene rings is 1. The van der Waals surface area contributed by atoms with Gasteiger partial charge < -0.3 is 10.1 Å². The van der Waals surface area contributed by atoms with E-state index in [0.717, 1.165) is 48.0 Å². The average Bonchev–Trinajstić information content (AvgIpc) is 2.40. The van der Waals surface area contributed by atoms with E-state index in [1.807, 2.05) is 18.2 Å². The van der Waals surface area contributed by atoms with Gasteiger partial charge in [0.15, 0.2) is 0 Å². The van der Waals surface area contributed by atoms with Crippen LogP contribution in [0.2, 0.25) is 5.02 Å². The van der Waals surface area contributed by atoms with Gasteiger partial charge in [-0.1, -0.05) is 18.5 Å². The van der Waals surface area contributed by atoms with Crippen molar-refractivity contribution in [2.24, 2.45) is 0 Å². The highest BCUT2D eigenvalue weighted by Crippen LogP contribution is 2.26.